The molecule has 1 aliphatic carbocycles. The zero-order valence-corrected chi connectivity index (χ0v) is 11.1. The van der Waals surface area contributed by atoms with Crippen molar-refractivity contribution in [2.75, 3.05) is 12.7 Å². The van der Waals surface area contributed by atoms with E-state index in [1.165, 1.54) is 0 Å². The average molecular weight is 277 g/mol. The molecule has 104 valence electrons. The van der Waals surface area contributed by atoms with Gasteiger partial charge in [0.1, 0.15) is 6.04 Å². The molecule has 0 radical (unpaired) electrons. The van der Waals surface area contributed by atoms with Gasteiger partial charge >= 0.3 is 13.6 Å². The van der Waals surface area contributed by atoms with E-state index in [4.69, 9.17) is 14.9 Å². The van der Waals surface area contributed by atoms with Crippen LogP contribution >= 0.6 is 7.60 Å². The molecule has 7 heteroatoms. The highest BCUT2D eigenvalue weighted by Crippen LogP contribution is 2.45. The van der Waals surface area contributed by atoms with Crippen LogP contribution in [0.2, 0.25) is 0 Å². The summed E-state index contributed by atoms with van der Waals surface area (Å²) >= 11 is 0. The van der Waals surface area contributed by atoms with Crippen LogP contribution in [-0.4, -0.2) is 39.6 Å². The van der Waals surface area contributed by atoms with Crippen molar-refractivity contribution in [1.29, 1.82) is 0 Å². The quantitative estimate of drug-likeness (QED) is 0.564. The molecule has 0 aromatic rings. The van der Waals surface area contributed by atoms with E-state index >= 15 is 0 Å². The molecule has 2 aliphatic rings. The Morgan fingerprint density at radius 3 is 2.56 bits per heavy atom. The van der Waals surface area contributed by atoms with Gasteiger partial charge in [-0.1, -0.05) is 0 Å². The van der Waals surface area contributed by atoms with Crippen molar-refractivity contribution < 1.29 is 24.3 Å². The Labute approximate surface area is 106 Å². The molecule has 0 aromatic heterocycles. The van der Waals surface area contributed by atoms with Gasteiger partial charge in [-0.15, -0.1) is 0 Å². The standard InChI is InChI=1S/C11H20NO5P/c13-11(14)10-4-9-3-7(6-18(15,16)17)1-2-8(9)5-12-10/h7-10,12H,1-6H2,(H,13,14)(H2,15,16,17)/t7-,8-,9+,10?/m0/s1. The third kappa shape index (κ3) is 3.54. The largest absolute Gasteiger partial charge is 0.480 e. The summed E-state index contributed by atoms with van der Waals surface area (Å²) in [6.45, 7) is 0.713. The second-order valence-corrected chi connectivity index (χ2v) is 7.28. The van der Waals surface area contributed by atoms with Gasteiger partial charge in [0, 0.05) is 0 Å². The fraction of sp³-hybridized carbons (Fsp3) is 0.909. The van der Waals surface area contributed by atoms with Crippen molar-refractivity contribution >= 4 is 13.6 Å². The van der Waals surface area contributed by atoms with Gasteiger partial charge in [-0.25, -0.2) is 0 Å². The molecule has 4 N–H and O–H groups in total. The third-order valence-corrected chi connectivity index (χ3v) is 5.20. The highest BCUT2D eigenvalue weighted by atomic mass is 31.2. The Morgan fingerprint density at radius 2 is 1.94 bits per heavy atom. The lowest BCUT2D eigenvalue weighted by molar-refractivity contribution is -0.141. The van der Waals surface area contributed by atoms with Crippen molar-refractivity contribution in [3.63, 3.8) is 0 Å². The lowest BCUT2D eigenvalue weighted by Gasteiger charge is -2.41. The van der Waals surface area contributed by atoms with Gasteiger partial charge in [-0.05, 0) is 50.0 Å². The normalized spacial score (nSPS) is 37.0. The van der Waals surface area contributed by atoms with Crippen LogP contribution in [0.4, 0.5) is 0 Å². The van der Waals surface area contributed by atoms with Crippen molar-refractivity contribution in [1.82, 2.24) is 5.32 Å². The summed E-state index contributed by atoms with van der Waals surface area (Å²) in [7, 11) is -3.95. The SMILES string of the molecule is O=C(O)C1C[C@H]2C[C@@H](CP(=O)(O)O)CC[C@H]2CN1. The number of fused-ring (bicyclic) bond motifs is 1. The summed E-state index contributed by atoms with van der Waals surface area (Å²) < 4.78 is 11.0. The van der Waals surface area contributed by atoms with Gasteiger partial charge < -0.3 is 20.2 Å². The second kappa shape index (κ2) is 5.29. The maximum Gasteiger partial charge on any atom is 0.325 e. The third-order valence-electron chi connectivity index (χ3n) is 4.21. The number of hydrogen-bond acceptors (Lipinski definition) is 3. The summed E-state index contributed by atoms with van der Waals surface area (Å²) in [6, 6.07) is -0.500. The number of carbonyl (C=O) groups is 1. The van der Waals surface area contributed by atoms with Crippen LogP contribution in [0, 0.1) is 17.8 Å². The molecule has 18 heavy (non-hydrogen) atoms. The average Bonchev–Trinajstić information content (AvgIpc) is 2.25. The van der Waals surface area contributed by atoms with E-state index < -0.39 is 19.6 Å². The van der Waals surface area contributed by atoms with Gasteiger partial charge in [0.15, 0.2) is 0 Å². The summed E-state index contributed by atoms with van der Waals surface area (Å²) in [6.07, 6.45) is 3.06. The summed E-state index contributed by atoms with van der Waals surface area (Å²) in [5.41, 5.74) is 0. The van der Waals surface area contributed by atoms with Crippen LogP contribution in [-0.2, 0) is 9.36 Å². The summed E-state index contributed by atoms with van der Waals surface area (Å²) in [4.78, 5) is 29.0. The topological polar surface area (TPSA) is 107 Å². The van der Waals surface area contributed by atoms with Crippen LogP contribution in [0.5, 0.6) is 0 Å². The number of aliphatic carboxylic acids is 1. The molecular weight excluding hydrogens is 257 g/mol. The molecule has 4 atom stereocenters. The molecule has 0 amide bonds. The molecule has 2 rings (SSSR count). The van der Waals surface area contributed by atoms with Crippen molar-refractivity contribution in [2.45, 2.75) is 31.7 Å². The zero-order valence-electron chi connectivity index (χ0n) is 10.2. The van der Waals surface area contributed by atoms with Gasteiger partial charge in [-0.2, -0.15) is 0 Å². The first-order chi connectivity index (χ1) is 8.35. The number of carboxylic acid groups (broad SMARTS) is 1. The predicted molar refractivity (Wildman–Crippen MR) is 65.3 cm³/mol. The highest BCUT2D eigenvalue weighted by molar-refractivity contribution is 7.51. The molecule has 0 aromatic carbocycles. The van der Waals surface area contributed by atoms with Crippen molar-refractivity contribution in [3.05, 3.63) is 0 Å². The molecular formula is C11H20NO5P. The van der Waals surface area contributed by atoms with E-state index in [1.54, 1.807) is 0 Å². The Kier molecular flexibility index (Phi) is 4.11. The van der Waals surface area contributed by atoms with Crippen LogP contribution in [0.1, 0.15) is 25.7 Å². The van der Waals surface area contributed by atoms with E-state index in [0.29, 0.717) is 18.9 Å². The van der Waals surface area contributed by atoms with Gasteiger partial charge in [-0.3, -0.25) is 9.36 Å². The maximum absolute atomic E-state index is 11.0. The van der Waals surface area contributed by atoms with Gasteiger partial charge in [0.2, 0.25) is 0 Å². The molecule has 1 unspecified atom stereocenters. The summed E-state index contributed by atoms with van der Waals surface area (Å²) in [5.74, 6) is -0.0311. The van der Waals surface area contributed by atoms with E-state index in [-0.39, 0.29) is 18.0 Å². The van der Waals surface area contributed by atoms with Crippen LogP contribution in [0.15, 0.2) is 0 Å². The fourth-order valence-corrected chi connectivity index (χ4v) is 4.36. The highest BCUT2D eigenvalue weighted by Gasteiger charge is 2.38. The van der Waals surface area contributed by atoms with Crippen molar-refractivity contribution in [2.24, 2.45) is 17.8 Å². The molecule has 1 aliphatic heterocycles. The van der Waals surface area contributed by atoms with Crippen molar-refractivity contribution in [3.8, 4) is 0 Å². The first-order valence-electron chi connectivity index (χ1n) is 6.36. The van der Waals surface area contributed by atoms with E-state index in [1.807, 2.05) is 0 Å². The number of hydrogen-bond donors (Lipinski definition) is 4. The lowest BCUT2D eigenvalue weighted by Crippen LogP contribution is -2.49. The molecule has 2 fully saturated rings. The van der Waals surface area contributed by atoms with E-state index in [2.05, 4.69) is 5.32 Å². The molecule has 0 bridgehead atoms. The predicted octanol–water partition coefficient (Wildman–Crippen LogP) is 0.643. The monoisotopic (exact) mass is 277 g/mol. The fourth-order valence-electron chi connectivity index (χ4n) is 3.35. The van der Waals surface area contributed by atoms with Crippen LogP contribution in [0.3, 0.4) is 0 Å². The zero-order chi connectivity index (χ0) is 13.3. The minimum atomic E-state index is -3.95. The Morgan fingerprint density at radius 1 is 1.22 bits per heavy atom. The van der Waals surface area contributed by atoms with Gasteiger partial charge in [0.05, 0.1) is 6.16 Å². The molecule has 1 saturated heterocycles. The number of piperidine rings is 1. The summed E-state index contributed by atoms with van der Waals surface area (Å²) in [5, 5.41) is 12.0. The van der Waals surface area contributed by atoms with Gasteiger partial charge in [0.25, 0.3) is 0 Å². The van der Waals surface area contributed by atoms with E-state index in [0.717, 1.165) is 19.3 Å². The minimum absolute atomic E-state index is 0.0413. The van der Waals surface area contributed by atoms with Crippen LogP contribution in [0.25, 0.3) is 0 Å². The smallest absolute Gasteiger partial charge is 0.325 e. The molecule has 1 saturated carbocycles. The lowest BCUT2D eigenvalue weighted by atomic mass is 9.70. The maximum atomic E-state index is 11.0. The Bertz CT molecular complexity index is 368. The Hall–Kier alpha value is -0.420. The minimum Gasteiger partial charge on any atom is -0.480 e. The molecule has 1 heterocycles. The number of nitrogens with one attached hydrogen (secondary N) is 1. The van der Waals surface area contributed by atoms with Crippen LogP contribution < -0.4 is 5.32 Å². The Balaban J connectivity index is 1.93. The number of rotatable bonds is 3. The second-order valence-electron chi connectivity index (χ2n) is 5.58. The molecule has 0 spiro atoms. The first kappa shape index (κ1) is 14.0. The first-order valence-corrected chi connectivity index (χ1v) is 8.15. The molecule has 6 nitrogen and oxygen atoms in total. The number of carboxylic acids is 1. The van der Waals surface area contributed by atoms with E-state index in [9.17, 15) is 9.36 Å².